The molecule has 1 aromatic rings. The fraction of sp³-hybridized carbons (Fsp3) is 0.667. The van der Waals surface area contributed by atoms with E-state index in [0.717, 1.165) is 31.6 Å². The molecule has 1 N–H and O–H groups in total. The average Bonchev–Trinajstić information content (AvgIpc) is 2.99. The summed E-state index contributed by atoms with van der Waals surface area (Å²) < 4.78 is 0. The highest BCUT2D eigenvalue weighted by molar-refractivity contribution is 7.07. The Bertz CT molecular complexity index is 371. The Labute approximate surface area is 106 Å². The van der Waals surface area contributed by atoms with Crippen LogP contribution in [0.2, 0.25) is 0 Å². The van der Waals surface area contributed by atoms with Gasteiger partial charge in [0.1, 0.15) is 0 Å². The molecule has 1 aromatic heterocycles. The fourth-order valence-electron chi connectivity index (χ4n) is 2.41. The smallest absolute Gasteiger partial charge is 0.230 e. The average molecular weight is 253 g/mol. The van der Waals surface area contributed by atoms with Crippen molar-refractivity contribution in [2.24, 2.45) is 5.41 Å². The first-order chi connectivity index (χ1) is 8.18. The Morgan fingerprint density at radius 3 is 3.06 bits per heavy atom. The van der Waals surface area contributed by atoms with Gasteiger partial charge in [-0.25, -0.2) is 4.98 Å². The van der Waals surface area contributed by atoms with E-state index in [9.17, 15) is 4.79 Å². The lowest BCUT2D eigenvalue weighted by molar-refractivity contribution is -0.140. The zero-order valence-electron chi connectivity index (χ0n) is 10.4. The Morgan fingerprint density at radius 2 is 2.53 bits per heavy atom. The highest BCUT2D eigenvalue weighted by Crippen LogP contribution is 2.31. The van der Waals surface area contributed by atoms with E-state index in [1.54, 1.807) is 16.8 Å². The number of hydrogen-bond donors (Lipinski definition) is 1. The van der Waals surface area contributed by atoms with Crippen molar-refractivity contribution in [3.8, 4) is 0 Å². The summed E-state index contributed by atoms with van der Waals surface area (Å²) in [5.41, 5.74) is 2.59. The van der Waals surface area contributed by atoms with Gasteiger partial charge in [0.15, 0.2) is 0 Å². The zero-order valence-corrected chi connectivity index (χ0v) is 11.2. The summed E-state index contributed by atoms with van der Waals surface area (Å²) in [5.74, 6) is 0.248. The second-order valence-electron chi connectivity index (χ2n) is 4.70. The summed E-state index contributed by atoms with van der Waals surface area (Å²) in [6.45, 7) is 4.47. The maximum Gasteiger partial charge on any atom is 0.230 e. The van der Waals surface area contributed by atoms with Gasteiger partial charge in [-0.3, -0.25) is 4.79 Å². The molecule has 1 unspecified atom stereocenters. The van der Waals surface area contributed by atoms with Crippen LogP contribution in [0.1, 0.15) is 25.5 Å². The molecule has 1 saturated heterocycles. The molecule has 0 aliphatic carbocycles. The molecule has 0 radical (unpaired) electrons. The van der Waals surface area contributed by atoms with Gasteiger partial charge in [0.25, 0.3) is 0 Å². The standard InChI is InChI=1S/C12H19N3OS/c1-3-12(4-5-13-8-12)11(16)15(2)6-10-7-17-9-14-10/h7,9,13H,3-6,8H2,1-2H3. The summed E-state index contributed by atoms with van der Waals surface area (Å²) in [6, 6.07) is 0. The summed E-state index contributed by atoms with van der Waals surface area (Å²) in [7, 11) is 1.87. The quantitative estimate of drug-likeness (QED) is 0.884. The number of carbonyl (C=O) groups excluding carboxylic acids is 1. The molecule has 2 heterocycles. The molecular weight excluding hydrogens is 234 g/mol. The van der Waals surface area contributed by atoms with E-state index in [0.29, 0.717) is 6.54 Å². The molecule has 0 saturated carbocycles. The van der Waals surface area contributed by atoms with Crippen LogP contribution in [0.15, 0.2) is 10.9 Å². The van der Waals surface area contributed by atoms with Crippen LogP contribution in [0.5, 0.6) is 0 Å². The zero-order chi connectivity index (χ0) is 12.3. The predicted octanol–water partition coefficient (Wildman–Crippen LogP) is 1.49. The number of hydrogen-bond acceptors (Lipinski definition) is 4. The molecule has 0 spiro atoms. The molecule has 94 valence electrons. The number of aromatic nitrogens is 1. The Hall–Kier alpha value is -0.940. The van der Waals surface area contributed by atoms with Crippen molar-refractivity contribution in [3.63, 3.8) is 0 Å². The number of carbonyl (C=O) groups is 1. The monoisotopic (exact) mass is 253 g/mol. The first-order valence-electron chi connectivity index (χ1n) is 6.01. The van der Waals surface area contributed by atoms with Gasteiger partial charge in [-0.05, 0) is 19.4 Å². The molecular formula is C12H19N3OS. The maximum absolute atomic E-state index is 12.5. The van der Waals surface area contributed by atoms with Crippen LogP contribution in [0.3, 0.4) is 0 Å². The molecule has 5 heteroatoms. The van der Waals surface area contributed by atoms with Crippen molar-refractivity contribution in [1.82, 2.24) is 15.2 Å². The van der Waals surface area contributed by atoms with Crippen LogP contribution < -0.4 is 5.32 Å². The molecule has 1 amide bonds. The maximum atomic E-state index is 12.5. The number of amides is 1. The van der Waals surface area contributed by atoms with Gasteiger partial charge in [-0.15, -0.1) is 11.3 Å². The fourth-order valence-corrected chi connectivity index (χ4v) is 2.96. The van der Waals surface area contributed by atoms with Gasteiger partial charge in [0.2, 0.25) is 5.91 Å². The molecule has 1 fully saturated rings. The van der Waals surface area contributed by atoms with E-state index >= 15 is 0 Å². The Balaban J connectivity index is 2.03. The SMILES string of the molecule is CCC1(C(=O)N(C)Cc2cscn2)CCNC1. The van der Waals surface area contributed by atoms with E-state index in [4.69, 9.17) is 0 Å². The molecule has 0 bridgehead atoms. The predicted molar refractivity (Wildman–Crippen MR) is 68.8 cm³/mol. The van der Waals surface area contributed by atoms with E-state index in [-0.39, 0.29) is 11.3 Å². The number of thiazole rings is 1. The van der Waals surface area contributed by atoms with Crippen molar-refractivity contribution >= 4 is 17.2 Å². The summed E-state index contributed by atoms with van der Waals surface area (Å²) >= 11 is 1.57. The first-order valence-corrected chi connectivity index (χ1v) is 6.95. The first kappa shape index (κ1) is 12.5. The van der Waals surface area contributed by atoms with Crippen molar-refractivity contribution in [3.05, 3.63) is 16.6 Å². The third-order valence-electron chi connectivity index (χ3n) is 3.60. The third kappa shape index (κ3) is 2.50. The third-order valence-corrected chi connectivity index (χ3v) is 4.24. The summed E-state index contributed by atoms with van der Waals surface area (Å²) in [4.78, 5) is 18.5. The van der Waals surface area contributed by atoms with E-state index in [1.807, 2.05) is 17.3 Å². The minimum absolute atomic E-state index is 0.190. The molecule has 1 aliphatic rings. The van der Waals surface area contributed by atoms with E-state index in [2.05, 4.69) is 17.2 Å². The van der Waals surface area contributed by atoms with Crippen LogP contribution in [0.25, 0.3) is 0 Å². The minimum atomic E-state index is -0.190. The molecule has 0 aromatic carbocycles. The second kappa shape index (κ2) is 5.14. The van der Waals surface area contributed by atoms with E-state index in [1.165, 1.54) is 0 Å². The summed E-state index contributed by atoms with van der Waals surface area (Å²) in [6.07, 6.45) is 1.85. The highest BCUT2D eigenvalue weighted by atomic mass is 32.1. The van der Waals surface area contributed by atoms with Gasteiger partial charge >= 0.3 is 0 Å². The van der Waals surface area contributed by atoms with Crippen molar-refractivity contribution in [2.45, 2.75) is 26.3 Å². The lowest BCUT2D eigenvalue weighted by atomic mass is 9.83. The highest BCUT2D eigenvalue weighted by Gasteiger charge is 2.41. The van der Waals surface area contributed by atoms with Gasteiger partial charge < -0.3 is 10.2 Å². The summed E-state index contributed by atoms with van der Waals surface area (Å²) in [5, 5.41) is 5.29. The van der Waals surface area contributed by atoms with Crippen molar-refractivity contribution < 1.29 is 4.79 Å². The van der Waals surface area contributed by atoms with Crippen molar-refractivity contribution in [2.75, 3.05) is 20.1 Å². The van der Waals surface area contributed by atoms with Gasteiger partial charge in [0.05, 0.1) is 23.2 Å². The molecule has 4 nitrogen and oxygen atoms in total. The topological polar surface area (TPSA) is 45.2 Å². The second-order valence-corrected chi connectivity index (χ2v) is 5.42. The normalized spacial score (nSPS) is 23.9. The lowest BCUT2D eigenvalue weighted by Crippen LogP contribution is -2.42. The van der Waals surface area contributed by atoms with Gasteiger partial charge in [-0.2, -0.15) is 0 Å². The molecule has 1 aliphatic heterocycles. The number of nitrogens with zero attached hydrogens (tertiary/aromatic N) is 2. The lowest BCUT2D eigenvalue weighted by Gasteiger charge is -2.30. The Kier molecular flexibility index (Phi) is 3.79. The Morgan fingerprint density at radius 1 is 1.71 bits per heavy atom. The van der Waals surface area contributed by atoms with Crippen LogP contribution in [-0.4, -0.2) is 35.9 Å². The van der Waals surface area contributed by atoms with Crippen LogP contribution >= 0.6 is 11.3 Å². The van der Waals surface area contributed by atoms with Crippen LogP contribution in [0, 0.1) is 5.41 Å². The molecule has 17 heavy (non-hydrogen) atoms. The molecule has 2 rings (SSSR count). The van der Waals surface area contributed by atoms with Crippen LogP contribution in [-0.2, 0) is 11.3 Å². The largest absolute Gasteiger partial charge is 0.339 e. The minimum Gasteiger partial charge on any atom is -0.339 e. The van der Waals surface area contributed by atoms with Gasteiger partial charge in [-0.1, -0.05) is 6.92 Å². The number of rotatable bonds is 4. The van der Waals surface area contributed by atoms with Gasteiger partial charge in [0, 0.05) is 19.0 Å². The number of nitrogens with one attached hydrogen (secondary N) is 1. The van der Waals surface area contributed by atoms with Crippen molar-refractivity contribution in [1.29, 1.82) is 0 Å². The van der Waals surface area contributed by atoms with E-state index < -0.39 is 0 Å². The molecule has 1 atom stereocenters. The van der Waals surface area contributed by atoms with Crippen LogP contribution in [0.4, 0.5) is 0 Å².